The largest absolute Gasteiger partial charge is 0.479 e. The first-order chi connectivity index (χ1) is 7.38. The predicted molar refractivity (Wildman–Crippen MR) is 56.9 cm³/mol. The number of β-amino-alcohol motifs (C(OH)–C–C–N with tert-alkyl or cyclic N) is 1. The average Bonchev–Trinajstić information content (AvgIpc) is 2.17. The fourth-order valence-corrected chi connectivity index (χ4v) is 1.86. The van der Waals surface area contributed by atoms with E-state index in [1.807, 2.05) is 6.92 Å². The fourth-order valence-electron chi connectivity index (χ4n) is 1.86. The second-order valence-corrected chi connectivity index (χ2v) is 4.26. The van der Waals surface area contributed by atoms with Crippen molar-refractivity contribution in [2.24, 2.45) is 0 Å². The van der Waals surface area contributed by atoms with Crippen molar-refractivity contribution in [3.8, 4) is 0 Å². The van der Waals surface area contributed by atoms with Gasteiger partial charge in [0.2, 0.25) is 5.91 Å². The van der Waals surface area contributed by atoms with Crippen LogP contribution in [0.4, 0.5) is 0 Å². The smallest absolute Gasteiger partial charge is 0.336 e. The Morgan fingerprint density at radius 3 is 2.81 bits per heavy atom. The van der Waals surface area contributed by atoms with E-state index in [1.54, 1.807) is 4.90 Å². The van der Waals surface area contributed by atoms with E-state index in [-0.39, 0.29) is 18.5 Å². The van der Waals surface area contributed by atoms with Crippen molar-refractivity contribution in [1.29, 1.82) is 0 Å². The third-order valence-electron chi connectivity index (χ3n) is 2.80. The van der Waals surface area contributed by atoms with Crippen LogP contribution < -0.4 is 5.32 Å². The monoisotopic (exact) mass is 230 g/mol. The van der Waals surface area contributed by atoms with Crippen LogP contribution in [0, 0.1) is 0 Å². The molecule has 0 aromatic rings. The van der Waals surface area contributed by atoms with Gasteiger partial charge in [0.25, 0.3) is 0 Å². The molecule has 92 valence electrons. The van der Waals surface area contributed by atoms with E-state index in [9.17, 15) is 14.7 Å². The van der Waals surface area contributed by atoms with Gasteiger partial charge in [0, 0.05) is 19.6 Å². The number of carbonyl (C=O) groups excluding carboxylic acids is 1. The molecule has 6 heteroatoms. The Kier molecular flexibility index (Phi) is 3.88. The van der Waals surface area contributed by atoms with E-state index in [0.29, 0.717) is 19.5 Å². The lowest BCUT2D eigenvalue weighted by atomic mass is 10.0. The standard InChI is InChI=1S/C10H18N2O4/c1-3-7-8(13)11-4-5-12(7)6-10(2,16)9(14)15/h7,16H,3-6H2,1-2H3,(H,11,13)(H,14,15). The highest BCUT2D eigenvalue weighted by molar-refractivity contribution is 5.82. The van der Waals surface area contributed by atoms with Crippen molar-refractivity contribution in [2.75, 3.05) is 19.6 Å². The number of carbonyl (C=O) groups is 2. The molecule has 0 saturated carbocycles. The molecule has 1 amide bonds. The lowest BCUT2D eigenvalue weighted by Crippen LogP contribution is -2.59. The Morgan fingerprint density at radius 1 is 1.69 bits per heavy atom. The molecule has 0 bridgehead atoms. The molecular formula is C10H18N2O4. The summed E-state index contributed by atoms with van der Waals surface area (Å²) in [4.78, 5) is 24.0. The van der Waals surface area contributed by atoms with Crippen molar-refractivity contribution in [1.82, 2.24) is 10.2 Å². The molecule has 0 aliphatic carbocycles. The Labute approximate surface area is 94.2 Å². The van der Waals surface area contributed by atoms with E-state index in [4.69, 9.17) is 5.11 Å². The lowest BCUT2D eigenvalue weighted by molar-refractivity contribution is -0.160. The van der Waals surface area contributed by atoms with Gasteiger partial charge in [-0.2, -0.15) is 0 Å². The van der Waals surface area contributed by atoms with Crippen LogP contribution in [0.3, 0.4) is 0 Å². The maximum Gasteiger partial charge on any atom is 0.336 e. The molecule has 3 N–H and O–H groups in total. The number of carboxylic acids is 1. The zero-order valence-electron chi connectivity index (χ0n) is 9.56. The summed E-state index contributed by atoms with van der Waals surface area (Å²) in [6.45, 7) is 4.12. The maximum atomic E-state index is 11.5. The number of hydrogen-bond donors (Lipinski definition) is 3. The number of nitrogens with one attached hydrogen (secondary N) is 1. The minimum atomic E-state index is -1.81. The van der Waals surface area contributed by atoms with Crippen LogP contribution in [0.5, 0.6) is 0 Å². The first-order valence-electron chi connectivity index (χ1n) is 5.36. The minimum Gasteiger partial charge on any atom is -0.479 e. The van der Waals surface area contributed by atoms with E-state index >= 15 is 0 Å². The van der Waals surface area contributed by atoms with Crippen LogP contribution in [0.15, 0.2) is 0 Å². The molecule has 1 heterocycles. The van der Waals surface area contributed by atoms with E-state index < -0.39 is 11.6 Å². The van der Waals surface area contributed by atoms with Crippen molar-refractivity contribution < 1.29 is 19.8 Å². The number of carboxylic acid groups (broad SMARTS) is 1. The fraction of sp³-hybridized carbons (Fsp3) is 0.800. The summed E-state index contributed by atoms with van der Waals surface area (Å²) in [5, 5.41) is 21.2. The van der Waals surface area contributed by atoms with E-state index in [2.05, 4.69) is 5.32 Å². The number of aliphatic carboxylic acids is 1. The molecular weight excluding hydrogens is 212 g/mol. The summed E-state index contributed by atoms with van der Waals surface area (Å²) in [7, 11) is 0. The second kappa shape index (κ2) is 4.80. The topological polar surface area (TPSA) is 89.9 Å². The van der Waals surface area contributed by atoms with Crippen molar-refractivity contribution in [3.63, 3.8) is 0 Å². The summed E-state index contributed by atoms with van der Waals surface area (Å²) < 4.78 is 0. The van der Waals surface area contributed by atoms with Crippen LogP contribution >= 0.6 is 0 Å². The van der Waals surface area contributed by atoms with Gasteiger partial charge in [-0.25, -0.2) is 4.79 Å². The first kappa shape index (κ1) is 12.9. The summed E-state index contributed by atoms with van der Waals surface area (Å²) in [5.41, 5.74) is -1.81. The second-order valence-electron chi connectivity index (χ2n) is 4.26. The molecule has 0 aromatic carbocycles. The van der Waals surface area contributed by atoms with Gasteiger partial charge in [-0.1, -0.05) is 6.92 Å². The van der Waals surface area contributed by atoms with Gasteiger partial charge in [0.15, 0.2) is 5.60 Å². The molecule has 6 nitrogen and oxygen atoms in total. The van der Waals surface area contributed by atoms with E-state index in [1.165, 1.54) is 6.92 Å². The molecule has 0 spiro atoms. The van der Waals surface area contributed by atoms with Crippen molar-refractivity contribution >= 4 is 11.9 Å². The van der Waals surface area contributed by atoms with Gasteiger partial charge in [-0.05, 0) is 13.3 Å². The van der Waals surface area contributed by atoms with Crippen LogP contribution in [-0.2, 0) is 9.59 Å². The molecule has 1 aliphatic heterocycles. The molecule has 2 unspecified atom stereocenters. The van der Waals surface area contributed by atoms with Gasteiger partial charge in [0.05, 0.1) is 6.04 Å². The summed E-state index contributed by atoms with van der Waals surface area (Å²) in [5.74, 6) is -1.37. The molecule has 1 aliphatic rings. The lowest BCUT2D eigenvalue weighted by Gasteiger charge is -2.37. The minimum absolute atomic E-state index is 0.0335. The number of nitrogens with zero attached hydrogens (tertiary/aromatic N) is 1. The highest BCUT2D eigenvalue weighted by Crippen LogP contribution is 2.14. The first-order valence-corrected chi connectivity index (χ1v) is 5.36. The quantitative estimate of drug-likeness (QED) is 0.578. The van der Waals surface area contributed by atoms with Gasteiger partial charge in [0.1, 0.15) is 0 Å². The summed E-state index contributed by atoms with van der Waals surface area (Å²) in [6.07, 6.45) is 0.599. The SMILES string of the molecule is CCC1C(=O)NCCN1CC(C)(O)C(=O)O. The summed E-state index contributed by atoms with van der Waals surface area (Å²) >= 11 is 0. The van der Waals surface area contributed by atoms with Gasteiger partial charge in [-0.15, -0.1) is 0 Å². The number of rotatable bonds is 4. The van der Waals surface area contributed by atoms with E-state index in [0.717, 1.165) is 0 Å². The van der Waals surface area contributed by atoms with Crippen LogP contribution in [0.2, 0.25) is 0 Å². The molecule has 0 radical (unpaired) electrons. The highest BCUT2D eigenvalue weighted by atomic mass is 16.4. The van der Waals surface area contributed by atoms with Crippen LogP contribution in [-0.4, -0.2) is 58.3 Å². The number of aliphatic hydroxyl groups is 1. The normalized spacial score (nSPS) is 25.9. The highest BCUT2D eigenvalue weighted by Gasteiger charge is 2.37. The number of amides is 1. The Balaban J connectivity index is 2.71. The number of hydrogen-bond acceptors (Lipinski definition) is 4. The Bertz CT molecular complexity index is 291. The van der Waals surface area contributed by atoms with Crippen LogP contribution in [0.1, 0.15) is 20.3 Å². The van der Waals surface area contributed by atoms with Gasteiger partial charge >= 0.3 is 5.97 Å². The zero-order valence-corrected chi connectivity index (χ0v) is 9.56. The molecule has 2 atom stereocenters. The van der Waals surface area contributed by atoms with Crippen LogP contribution in [0.25, 0.3) is 0 Å². The average molecular weight is 230 g/mol. The third kappa shape index (κ3) is 2.70. The number of piperazine rings is 1. The van der Waals surface area contributed by atoms with Crippen molar-refractivity contribution in [2.45, 2.75) is 31.9 Å². The molecule has 16 heavy (non-hydrogen) atoms. The van der Waals surface area contributed by atoms with Gasteiger partial charge < -0.3 is 15.5 Å². The summed E-state index contributed by atoms with van der Waals surface area (Å²) in [6, 6.07) is -0.348. The third-order valence-corrected chi connectivity index (χ3v) is 2.80. The predicted octanol–water partition coefficient (Wildman–Crippen LogP) is -0.968. The Hall–Kier alpha value is -1.14. The Morgan fingerprint density at radius 2 is 2.31 bits per heavy atom. The van der Waals surface area contributed by atoms with Gasteiger partial charge in [-0.3, -0.25) is 9.69 Å². The molecule has 1 saturated heterocycles. The van der Waals surface area contributed by atoms with Crippen molar-refractivity contribution in [3.05, 3.63) is 0 Å². The molecule has 1 fully saturated rings. The zero-order chi connectivity index (χ0) is 12.3. The molecule has 0 aromatic heterocycles. The molecule has 1 rings (SSSR count). The maximum absolute atomic E-state index is 11.5.